The molecule has 2 aromatic carbocycles. The minimum Gasteiger partial charge on any atom is -0.491 e. The molecular weight excluding hydrogens is 507 g/mol. The van der Waals surface area contributed by atoms with Crippen LogP contribution in [0.2, 0.25) is 0 Å². The molecule has 38 heavy (non-hydrogen) atoms. The third-order valence-corrected chi connectivity index (χ3v) is 10.00. The predicted molar refractivity (Wildman–Crippen MR) is 140 cm³/mol. The van der Waals surface area contributed by atoms with Gasteiger partial charge < -0.3 is 19.0 Å². The number of nitrogens with zero attached hydrogens (tertiary/aromatic N) is 4. The zero-order valence-electron chi connectivity index (χ0n) is 20.9. The Hall–Kier alpha value is -3.66. The molecule has 0 bridgehead atoms. The number of rotatable bonds is 3. The summed E-state index contributed by atoms with van der Waals surface area (Å²) in [5.74, 6) is 1.56. The number of fused-ring (bicyclic) bond motifs is 2. The standard InChI is InChI=1S/C28H27FN4O4S/c1-18-12-32(17-30-18)24-7-4-20(23-8-9-36-26(23)24)10-21-11-28(15-38(34,35)16-28)14-33-25(13-37-31-27(21)33)19-2-5-22(29)6-3-19/h2-7,10,12,17,25H,8-9,11,13-16H2,1H3. The maximum absolute atomic E-state index is 13.7. The van der Waals surface area contributed by atoms with E-state index in [1.807, 2.05) is 23.8 Å². The van der Waals surface area contributed by atoms with Crippen LogP contribution in [0.3, 0.4) is 0 Å². The van der Waals surface area contributed by atoms with Crippen LogP contribution in [0, 0.1) is 18.2 Å². The number of sulfone groups is 1. The number of oxime groups is 1. The number of aromatic nitrogens is 2. The van der Waals surface area contributed by atoms with Crippen molar-refractivity contribution < 1.29 is 22.4 Å². The van der Waals surface area contributed by atoms with E-state index in [0.717, 1.165) is 45.8 Å². The summed E-state index contributed by atoms with van der Waals surface area (Å²) in [5, 5.41) is 4.45. The summed E-state index contributed by atoms with van der Waals surface area (Å²) in [6, 6.07) is 10.3. The Morgan fingerprint density at radius 1 is 1.16 bits per heavy atom. The molecule has 0 radical (unpaired) electrons. The van der Waals surface area contributed by atoms with Gasteiger partial charge in [-0.15, -0.1) is 0 Å². The van der Waals surface area contributed by atoms with Crippen LogP contribution in [0.4, 0.5) is 4.39 Å². The zero-order chi connectivity index (χ0) is 26.1. The van der Waals surface area contributed by atoms with Gasteiger partial charge in [0.2, 0.25) is 0 Å². The molecule has 4 aliphatic rings. The first-order valence-corrected chi connectivity index (χ1v) is 14.5. The van der Waals surface area contributed by atoms with Crippen molar-refractivity contribution in [2.24, 2.45) is 10.6 Å². The van der Waals surface area contributed by atoms with Crippen LogP contribution in [0.15, 0.2) is 59.7 Å². The maximum Gasteiger partial charge on any atom is 0.172 e. The van der Waals surface area contributed by atoms with Gasteiger partial charge in [-0.3, -0.25) is 0 Å². The lowest BCUT2D eigenvalue weighted by Crippen LogP contribution is -2.61. The van der Waals surface area contributed by atoms with Crippen molar-refractivity contribution in [2.75, 3.05) is 31.3 Å². The summed E-state index contributed by atoms with van der Waals surface area (Å²) in [6.45, 7) is 3.43. The summed E-state index contributed by atoms with van der Waals surface area (Å²) in [7, 11) is -3.06. The number of benzene rings is 2. The highest BCUT2D eigenvalue weighted by atomic mass is 32.2. The molecule has 1 atom stereocenters. The lowest BCUT2D eigenvalue weighted by molar-refractivity contribution is 0.0392. The Morgan fingerprint density at radius 3 is 2.71 bits per heavy atom. The van der Waals surface area contributed by atoms with Gasteiger partial charge in [0.1, 0.15) is 18.2 Å². The highest BCUT2D eigenvalue weighted by molar-refractivity contribution is 7.92. The summed E-state index contributed by atoms with van der Waals surface area (Å²) < 4.78 is 46.4. The van der Waals surface area contributed by atoms with Gasteiger partial charge in [-0.25, -0.2) is 17.8 Å². The van der Waals surface area contributed by atoms with Crippen molar-refractivity contribution in [3.05, 3.63) is 82.7 Å². The topological polar surface area (TPSA) is 86.0 Å². The largest absolute Gasteiger partial charge is 0.491 e. The van der Waals surface area contributed by atoms with Crippen LogP contribution in [0.25, 0.3) is 11.8 Å². The number of amidine groups is 1. The molecule has 4 aliphatic heterocycles. The second-order valence-corrected chi connectivity index (χ2v) is 12.9. The smallest absolute Gasteiger partial charge is 0.172 e. The van der Waals surface area contributed by atoms with E-state index in [2.05, 4.69) is 27.2 Å². The van der Waals surface area contributed by atoms with Crippen molar-refractivity contribution in [1.82, 2.24) is 14.5 Å². The molecule has 5 heterocycles. The van der Waals surface area contributed by atoms with Crippen molar-refractivity contribution in [3.63, 3.8) is 0 Å². The van der Waals surface area contributed by atoms with E-state index in [4.69, 9.17) is 9.57 Å². The molecule has 1 aromatic heterocycles. The molecule has 0 N–H and O–H groups in total. The first-order chi connectivity index (χ1) is 18.3. The average Bonchev–Trinajstić information content (AvgIpc) is 3.53. The summed E-state index contributed by atoms with van der Waals surface area (Å²) >= 11 is 0. The molecule has 1 spiro atoms. The van der Waals surface area contributed by atoms with Gasteiger partial charge in [-0.05, 0) is 54.3 Å². The zero-order valence-corrected chi connectivity index (χ0v) is 21.7. The molecule has 2 saturated heterocycles. The average molecular weight is 535 g/mol. The van der Waals surface area contributed by atoms with Gasteiger partial charge in [0.15, 0.2) is 15.7 Å². The van der Waals surface area contributed by atoms with Gasteiger partial charge in [0, 0.05) is 30.1 Å². The third kappa shape index (κ3) is 3.89. The summed E-state index contributed by atoms with van der Waals surface area (Å²) in [5.41, 5.74) is 5.48. The third-order valence-electron chi connectivity index (χ3n) is 7.89. The molecule has 0 saturated carbocycles. The van der Waals surface area contributed by atoms with Crippen molar-refractivity contribution in [2.45, 2.75) is 25.8 Å². The molecule has 7 rings (SSSR count). The van der Waals surface area contributed by atoms with Gasteiger partial charge in [0.05, 0.1) is 41.9 Å². The van der Waals surface area contributed by atoms with Gasteiger partial charge >= 0.3 is 0 Å². The van der Waals surface area contributed by atoms with Crippen LogP contribution in [0.5, 0.6) is 5.75 Å². The fourth-order valence-corrected chi connectivity index (χ4v) is 8.50. The molecule has 1 unspecified atom stereocenters. The van der Waals surface area contributed by atoms with E-state index < -0.39 is 9.84 Å². The Bertz CT molecular complexity index is 1600. The van der Waals surface area contributed by atoms with Gasteiger partial charge in [-0.1, -0.05) is 23.4 Å². The van der Waals surface area contributed by atoms with Crippen molar-refractivity contribution in [3.8, 4) is 11.4 Å². The van der Waals surface area contributed by atoms with E-state index in [0.29, 0.717) is 32.0 Å². The van der Waals surface area contributed by atoms with Crippen molar-refractivity contribution in [1.29, 1.82) is 0 Å². The van der Waals surface area contributed by atoms with E-state index in [9.17, 15) is 12.8 Å². The molecule has 8 nitrogen and oxygen atoms in total. The lowest BCUT2D eigenvalue weighted by Gasteiger charge is -2.52. The predicted octanol–water partition coefficient (Wildman–Crippen LogP) is 3.84. The highest BCUT2D eigenvalue weighted by Gasteiger charge is 2.54. The fourth-order valence-electron chi connectivity index (χ4n) is 6.33. The minimum atomic E-state index is -3.06. The van der Waals surface area contributed by atoms with Crippen molar-refractivity contribution >= 4 is 21.7 Å². The Kier molecular flexibility index (Phi) is 5.20. The maximum atomic E-state index is 13.7. The highest BCUT2D eigenvalue weighted by Crippen LogP contribution is 2.47. The number of piperidine rings is 1. The Balaban J connectivity index is 1.31. The number of aryl methyl sites for hydroxylation is 1. The van der Waals surface area contributed by atoms with Gasteiger partial charge in [0.25, 0.3) is 0 Å². The minimum absolute atomic E-state index is 0.151. The molecule has 0 amide bonds. The number of imidazole rings is 1. The fraction of sp³-hybridized carbons (Fsp3) is 0.357. The molecule has 3 aromatic rings. The van der Waals surface area contributed by atoms with Crippen LogP contribution < -0.4 is 4.74 Å². The Morgan fingerprint density at radius 2 is 1.97 bits per heavy atom. The summed E-state index contributed by atoms with van der Waals surface area (Å²) in [6.07, 6.45) is 7.25. The number of hydrogen-bond donors (Lipinski definition) is 0. The molecule has 10 heteroatoms. The number of halogens is 1. The number of ether oxygens (including phenoxy) is 1. The number of hydrogen-bond acceptors (Lipinski definition) is 7. The Labute approximate surface area is 220 Å². The second-order valence-electron chi connectivity index (χ2n) is 10.8. The monoisotopic (exact) mass is 534 g/mol. The van der Waals surface area contributed by atoms with E-state index in [1.165, 1.54) is 12.1 Å². The second kappa shape index (κ2) is 8.42. The first kappa shape index (κ1) is 23.5. The van der Waals surface area contributed by atoms with Crippen LogP contribution in [-0.4, -0.2) is 60.0 Å². The normalized spacial score (nSPS) is 23.7. The van der Waals surface area contributed by atoms with Gasteiger partial charge in [-0.2, -0.15) is 0 Å². The quantitative estimate of drug-likeness (QED) is 0.508. The molecule has 196 valence electrons. The van der Waals surface area contributed by atoms with E-state index in [1.54, 1.807) is 18.5 Å². The molecule has 2 fully saturated rings. The van der Waals surface area contributed by atoms with E-state index >= 15 is 0 Å². The molecule has 0 aliphatic carbocycles. The lowest BCUT2D eigenvalue weighted by atomic mass is 9.78. The van der Waals surface area contributed by atoms with Crippen LogP contribution in [0.1, 0.15) is 34.8 Å². The first-order valence-electron chi connectivity index (χ1n) is 12.7. The molecular formula is C28H27FN4O4S. The van der Waals surface area contributed by atoms with E-state index in [-0.39, 0.29) is 28.8 Å². The van der Waals surface area contributed by atoms with Crippen LogP contribution >= 0.6 is 0 Å². The van der Waals surface area contributed by atoms with Crippen LogP contribution in [-0.2, 0) is 21.1 Å². The SMILES string of the molecule is Cc1cn(-c2ccc(C=C3CC4(CN5C3=NOCC5c3ccc(F)cc3)CS(=O)(=O)C4)c3c2OCC3)cn1. The summed E-state index contributed by atoms with van der Waals surface area (Å²) in [4.78, 5) is 12.2.